The molecule has 5 rings (SSSR count). The van der Waals surface area contributed by atoms with Crippen molar-refractivity contribution < 1.29 is 19.3 Å². The molecule has 2 unspecified atom stereocenters. The molecule has 2 aromatic heterocycles. The number of rotatable bonds is 10. The largest absolute Gasteiger partial charge is 0.486 e. The second-order valence-corrected chi connectivity index (χ2v) is 12.7. The lowest BCUT2D eigenvalue weighted by atomic mass is 9.71. The first-order valence-corrected chi connectivity index (χ1v) is 16.5. The minimum absolute atomic E-state index is 0.426. The van der Waals surface area contributed by atoms with Crippen molar-refractivity contribution in [2.24, 2.45) is 0 Å². The number of hydrogen-bond acceptors (Lipinski definition) is 9. The van der Waals surface area contributed by atoms with Gasteiger partial charge in [0.25, 0.3) is 0 Å². The Labute approximate surface area is 258 Å². The molecule has 0 saturated heterocycles. The Morgan fingerprint density at radius 2 is 1.73 bits per heavy atom. The van der Waals surface area contributed by atoms with Crippen molar-refractivity contribution in [3.05, 3.63) is 75.8 Å². The lowest BCUT2D eigenvalue weighted by Gasteiger charge is -2.40. The highest BCUT2D eigenvalue weighted by Crippen LogP contribution is 2.52. The number of benzene rings is 2. The second-order valence-electron chi connectivity index (χ2n) is 10.1. The molecule has 4 aromatic rings. The van der Waals surface area contributed by atoms with Gasteiger partial charge in [0.2, 0.25) is 5.88 Å². The zero-order chi connectivity index (χ0) is 29.1. The van der Waals surface area contributed by atoms with Crippen LogP contribution in [0.25, 0.3) is 10.9 Å². The molecule has 1 aliphatic rings. The quantitative estimate of drug-likeness (QED) is 0.190. The van der Waals surface area contributed by atoms with E-state index in [9.17, 15) is 5.11 Å². The smallest absolute Gasteiger partial charge is 0.217 e. The van der Waals surface area contributed by atoms with Crippen LogP contribution < -0.4 is 14.2 Å². The van der Waals surface area contributed by atoms with E-state index in [0.29, 0.717) is 43.6 Å². The fourth-order valence-corrected chi connectivity index (χ4v) is 6.62. The molecule has 7 nitrogen and oxygen atoms in total. The van der Waals surface area contributed by atoms with E-state index < -0.39 is 11.5 Å². The first-order chi connectivity index (χ1) is 19.8. The molecular weight excluding hydrogens is 622 g/mol. The monoisotopic (exact) mass is 655 g/mol. The van der Waals surface area contributed by atoms with Crippen molar-refractivity contribution in [3.63, 3.8) is 0 Å². The minimum Gasteiger partial charge on any atom is -0.486 e. The summed E-state index contributed by atoms with van der Waals surface area (Å²) >= 11 is 6.73. The molecule has 1 aliphatic heterocycles. The van der Waals surface area contributed by atoms with Gasteiger partial charge in [0.15, 0.2) is 11.5 Å². The predicted molar refractivity (Wildman–Crippen MR) is 170 cm³/mol. The van der Waals surface area contributed by atoms with Crippen LogP contribution in [0.2, 0.25) is 0 Å². The van der Waals surface area contributed by atoms with Gasteiger partial charge in [0, 0.05) is 27.5 Å². The Balaban J connectivity index is 1.86. The van der Waals surface area contributed by atoms with Crippen LogP contribution in [0.5, 0.6) is 17.4 Å². The van der Waals surface area contributed by atoms with Crippen LogP contribution in [0.15, 0.2) is 69.1 Å². The van der Waals surface area contributed by atoms with E-state index in [2.05, 4.69) is 26.9 Å². The first-order valence-electron chi connectivity index (χ1n) is 13.3. The topological polar surface area (TPSA) is 76.9 Å². The molecule has 0 spiro atoms. The fourth-order valence-electron chi connectivity index (χ4n) is 5.31. The summed E-state index contributed by atoms with van der Waals surface area (Å²) in [5.41, 5.74) is 1.75. The Kier molecular flexibility index (Phi) is 9.35. The van der Waals surface area contributed by atoms with E-state index in [1.54, 1.807) is 30.6 Å². The average Bonchev–Trinajstić information content (AvgIpc) is 2.99. The molecule has 2 atom stereocenters. The van der Waals surface area contributed by atoms with Gasteiger partial charge in [-0.25, -0.2) is 9.97 Å². The molecule has 0 bridgehead atoms. The summed E-state index contributed by atoms with van der Waals surface area (Å²) < 4.78 is 19.1. The molecule has 2 aromatic carbocycles. The van der Waals surface area contributed by atoms with Crippen LogP contribution in [0.3, 0.4) is 0 Å². The second kappa shape index (κ2) is 12.8. The number of methoxy groups -OCH3 is 1. The number of ether oxygens (including phenoxy) is 3. The number of fused-ring (bicyclic) bond motifs is 2. The average molecular weight is 657 g/mol. The van der Waals surface area contributed by atoms with Crippen molar-refractivity contribution >= 4 is 50.4 Å². The Morgan fingerprint density at radius 1 is 1.00 bits per heavy atom. The van der Waals surface area contributed by atoms with E-state index >= 15 is 0 Å². The lowest BCUT2D eigenvalue weighted by molar-refractivity contribution is 0.00210. The Hall–Kier alpha value is -2.50. The number of para-hydroxylation sites is 1. The summed E-state index contributed by atoms with van der Waals surface area (Å²) in [5.74, 6) is 1.13. The van der Waals surface area contributed by atoms with Crippen LogP contribution in [0.1, 0.15) is 29.0 Å². The standard InChI is InChI=1S/C31H34BrN3O4S2/c1-35(2)12-11-31(36,20-17-26(40-4)34-27(18-20)41-5)28(22-7-6-8-25-29(22)39-14-13-38-25)23-16-19-15-21(32)9-10-24(19)33-30(23)37-3/h6-10,15-18,28,36H,11-14H2,1-5H3. The molecule has 0 saturated carbocycles. The molecule has 0 aliphatic carbocycles. The molecule has 41 heavy (non-hydrogen) atoms. The fraction of sp³-hybridized carbons (Fsp3) is 0.355. The summed E-state index contributed by atoms with van der Waals surface area (Å²) in [6.45, 7) is 1.54. The van der Waals surface area contributed by atoms with Gasteiger partial charge in [-0.05, 0) is 81.1 Å². The van der Waals surface area contributed by atoms with Crippen molar-refractivity contribution in [1.29, 1.82) is 0 Å². The Bertz CT molecular complexity index is 1530. The van der Waals surface area contributed by atoms with Gasteiger partial charge in [0.05, 0.1) is 28.6 Å². The molecule has 0 radical (unpaired) electrons. The third-order valence-corrected chi connectivity index (χ3v) is 9.04. The molecule has 216 valence electrons. The van der Waals surface area contributed by atoms with Crippen molar-refractivity contribution in [2.75, 3.05) is 53.5 Å². The molecule has 3 heterocycles. The van der Waals surface area contributed by atoms with Crippen molar-refractivity contribution in [2.45, 2.75) is 28.0 Å². The van der Waals surface area contributed by atoms with Gasteiger partial charge in [0.1, 0.15) is 18.8 Å². The van der Waals surface area contributed by atoms with Gasteiger partial charge in [-0.2, -0.15) is 0 Å². The van der Waals surface area contributed by atoms with E-state index in [-0.39, 0.29) is 0 Å². The van der Waals surface area contributed by atoms with Gasteiger partial charge in [-0.15, -0.1) is 23.5 Å². The predicted octanol–water partition coefficient (Wildman–Crippen LogP) is 6.59. The minimum atomic E-state index is -1.40. The lowest BCUT2D eigenvalue weighted by Crippen LogP contribution is -2.38. The summed E-state index contributed by atoms with van der Waals surface area (Å²) in [4.78, 5) is 11.7. The SMILES string of the molecule is COc1nc2ccc(Br)cc2cc1C(c1cccc2c1OCCO2)C(O)(CCN(C)C)c1cc(SC)nc(SC)c1. The van der Waals surface area contributed by atoms with Crippen molar-refractivity contribution in [3.8, 4) is 17.4 Å². The highest BCUT2D eigenvalue weighted by molar-refractivity contribution is 9.10. The zero-order valence-electron chi connectivity index (χ0n) is 23.8. The van der Waals surface area contributed by atoms with Crippen LogP contribution in [0.4, 0.5) is 0 Å². The third kappa shape index (κ3) is 6.17. The van der Waals surface area contributed by atoms with Gasteiger partial charge in [-0.1, -0.05) is 28.1 Å². The maximum absolute atomic E-state index is 13.2. The molecular formula is C31H34BrN3O4S2. The van der Waals surface area contributed by atoms with E-state index in [0.717, 1.165) is 42.1 Å². The number of nitrogens with zero attached hydrogens (tertiary/aromatic N) is 3. The van der Waals surface area contributed by atoms with Gasteiger partial charge >= 0.3 is 0 Å². The molecule has 10 heteroatoms. The summed E-state index contributed by atoms with van der Waals surface area (Å²) in [6, 6.07) is 17.9. The maximum atomic E-state index is 13.2. The first kappa shape index (κ1) is 30.0. The number of aromatic nitrogens is 2. The van der Waals surface area contributed by atoms with Crippen LogP contribution >= 0.6 is 39.5 Å². The molecule has 1 N–H and O–H groups in total. The number of halogens is 1. The Morgan fingerprint density at radius 3 is 2.41 bits per heavy atom. The molecule has 0 amide bonds. The van der Waals surface area contributed by atoms with Crippen molar-refractivity contribution in [1.82, 2.24) is 14.9 Å². The normalized spacial score (nSPS) is 15.1. The van der Waals surface area contributed by atoms with Crippen LogP contribution in [0, 0.1) is 0 Å². The van der Waals surface area contributed by atoms with Crippen LogP contribution in [-0.4, -0.2) is 73.4 Å². The summed E-state index contributed by atoms with van der Waals surface area (Å²) in [6.07, 6.45) is 4.43. The number of aliphatic hydroxyl groups is 1. The van der Waals surface area contributed by atoms with E-state index in [4.69, 9.17) is 24.2 Å². The maximum Gasteiger partial charge on any atom is 0.217 e. The summed E-state index contributed by atoms with van der Waals surface area (Å²) in [5, 5.41) is 15.8. The number of pyridine rings is 2. The summed E-state index contributed by atoms with van der Waals surface area (Å²) in [7, 11) is 5.65. The third-order valence-electron chi connectivity index (χ3n) is 7.30. The zero-order valence-corrected chi connectivity index (χ0v) is 27.0. The number of hydrogen-bond donors (Lipinski definition) is 1. The van der Waals surface area contributed by atoms with Gasteiger partial charge in [-0.3, -0.25) is 0 Å². The van der Waals surface area contributed by atoms with E-state index in [1.807, 2.05) is 75.1 Å². The number of thioether (sulfide) groups is 2. The van der Waals surface area contributed by atoms with Gasteiger partial charge < -0.3 is 24.2 Å². The molecule has 0 fully saturated rings. The highest BCUT2D eigenvalue weighted by Gasteiger charge is 2.45. The highest BCUT2D eigenvalue weighted by atomic mass is 79.9. The van der Waals surface area contributed by atoms with E-state index in [1.165, 1.54) is 0 Å². The van der Waals surface area contributed by atoms with Crippen LogP contribution in [-0.2, 0) is 5.60 Å².